The maximum absolute atomic E-state index is 12.8. The Hall–Kier alpha value is -3.04. The Bertz CT molecular complexity index is 1270. The van der Waals surface area contributed by atoms with Gasteiger partial charge in [-0.05, 0) is 61.0 Å². The second-order valence-electron chi connectivity index (χ2n) is 7.25. The fourth-order valence-electron chi connectivity index (χ4n) is 3.02. The van der Waals surface area contributed by atoms with E-state index in [2.05, 4.69) is 4.98 Å². The van der Waals surface area contributed by atoms with Gasteiger partial charge >= 0.3 is 12.1 Å². The van der Waals surface area contributed by atoms with Crippen molar-refractivity contribution in [2.24, 2.45) is 0 Å². The van der Waals surface area contributed by atoms with Crippen LogP contribution in [-0.2, 0) is 16.7 Å². The maximum Gasteiger partial charge on any atom is 0.416 e. The molecule has 4 rings (SSSR count). The van der Waals surface area contributed by atoms with Gasteiger partial charge in [-0.15, -0.1) is 23.1 Å². The van der Waals surface area contributed by atoms with Gasteiger partial charge in [0.15, 0.2) is 6.10 Å². The number of halogens is 3. The van der Waals surface area contributed by atoms with E-state index in [1.807, 2.05) is 30.3 Å². The molecule has 0 saturated carbocycles. The number of hydrogen-bond acceptors (Lipinski definition) is 5. The van der Waals surface area contributed by atoms with E-state index in [1.165, 1.54) is 30.4 Å². The second kappa shape index (κ2) is 9.44. The highest BCUT2D eigenvalue weighted by Crippen LogP contribution is 2.35. The molecule has 0 spiro atoms. The lowest BCUT2D eigenvalue weighted by Gasteiger charge is -2.10. The van der Waals surface area contributed by atoms with Crippen LogP contribution in [0, 0.1) is 0 Å². The summed E-state index contributed by atoms with van der Waals surface area (Å²) in [6, 6.07) is 18.2. The summed E-state index contributed by atoms with van der Waals surface area (Å²) < 4.78 is 44.7. The number of alkyl halides is 3. The van der Waals surface area contributed by atoms with Crippen LogP contribution >= 0.6 is 23.1 Å². The van der Waals surface area contributed by atoms with Crippen LogP contribution in [0.15, 0.2) is 71.6 Å². The number of thiazole rings is 1. The Kier molecular flexibility index (Phi) is 6.62. The Morgan fingerprint density at radius 2 is 1.79 bits per heavy atom. The molecule has 9 heteroatoms. The van der Waals surface area contributed by atoms with Crippen molar-refractivity contribution < 1.29 is 27.8 Å². The lowest BCUT2D eigenvalue weighted by molar-refractivity contribution is -0.144. The number of carbonyl (C=O) groups is 1. The van der Waals surface area contributed by atoms with Gasteiger partial charge in [0.1, 0.15) is 10.8 Å². The van der Waals surface area contributed by atoms with Gasteiger partial charge in [-0.3, -0.25) is 0 Å². The van der Waals surface area contributed by atoms with Crippen LogP contribution in [-0.4, -0.2) is 22.2 Å². The largest absolute Gasteiger partial charge is 0.479 e. The summed E-state index contributed by atoms with van der Waals surface area (Å²) in [5.74, 6) is 0.194. The molecular weight excluding hydrogens is 471 g/mol. The molecule has 1 unspecified atom stereocenters. The fourth-order valence-corrected chi connectivity index (χ4v) is 4.90. The molecule has 1 aromatic heterocycles. The number of aromatic nitrogens is 1. The normalized spacial score (nSPS) is 12.6. The number of carboxylic acids is 1. The van der Waals surface area contributed by atoms with Gasteiger partial charge in [0.25, 0.3) is 0 Å². The minimum Gasteiger partial charge on any atom is -0.479 e. The molecule has 33 heavy (non-hydrogen) atoms. The SMILES string of the molecule is CC(Oc1ccc(SCc2ccc3nc(-c4ccc(C(F)(F)F)cc4)sc3c2)cc1)C(=O)O. The average molecular weight is 490 g/mol. The van der Waals surface area contributed by atoms with Crippen LogP contribution in [0.1, 0.15) is 18.1 Å². The van der Waals surface area contributed by atoms with Gasteiger partial charge in [-0.2, -0.15) is 13.2 Å². The standard InChI is InChI=1S/C24H18F3NO3S2/c1-14(23(29)30)31-18-7-9-19(10-8-18)32-13-15-2-11-20-21(12-15)33-22(28-20)16-3-5-17(6-4-16)24(25,26)27/h2-12,14H,13H2,1H3,(H,29,30). The van der Waals surface area contributed by atoms with E-state index in [9.17, 15) is 18.0 Å². The quantitative estimate of drug-likeness (QED) is 0.280. The number of ether oxygens (including phenoxy) is 1. The summed E-state index contributed by atoms with van der Waals surface area (Å²) >= 11 is 3.07. The molecule has 0 radical (unpaired) electrons. The Morgan fingerprint density at radius 1 is 1.09 bits per heavy atom. The van der Waals surface area contributed by atoms with Crippen molar-refractivity contribution in [2.75, 3.05) is 0 Å². The van der Waals surface area contributed by atoms with Crippen molar-refractivity contribution >= 4 is 39.3 Å². The zero-order chi connectivity index (χ0) is 23.6. The van der Waals surface area contributed by atoms with Crippen molar-refractivity contribution in [1.29, 1.82) is 0 Å². The number of thioether (sulfide) groups is 1. The number of fused-ring (bicyclic) bond motifs is 1. The van der Waals surface area contributed by atoms with Crippen LogP contribution in [0.2, 0.25) is 0 Å². The second-order valence-corrected chi connectivity index (χ2v) is 9.33. The number of aliphatic carboxylic acids is 1. The number of hydrogen-bond donors (Lipinski definition) is 1. The van der Waals surface area contributed by atoms with Gasteiger partial charge in [0, 0.05) is 16.2 Å². The molecule has 1 N–H and O–H groups in total. The first-order valence-corrected chi connectivity index (χ1v) is 11.7. The zero-order valence-corrected chi connectivity index (χ0v) is 18.9. The summed E-state index contributed by atoms with van der Waals surface area (Å²) in [6.07, 6.45) is -5.27. The van der Waals surface area contributed by atoms with Crippen LogP contribution in [0.3, 0.4) is 0 Å². The van der Waals surface area contributed by atoms with Crippen LogP contribution in [0.4, 0.5) is 13.2 Å². The predicted molar refractivity (Wildman–Crippen MR) is 124 cm³/mol. The lowest BCUT2D eigenvalue weighted by atomic mass is 10.1. The predicted octanol–water partition coefficient (Wildman–Crippen LogP) is 7.13. The van der Waals surface area contributed by atoms with Crippen LogP contribution in [0.5, 0.6) is 5.75 Å². The summed E-state index contributed by atoms with van der Waals surface area (Å²) in [7, 11) is 0. The first-order chi connectivity index (χ1) is 15.7. The number of benzene rings is 3. The van der Waals surface area contributed by atoms with Crippen molar-refractivity contribution in [1.82, 2.24) is 4.98 Å². The molecule has 1 heterocycles. The Balaban J connectivity index is 1.43. The molecule has 1 atom stereocenters. The van der Waals surface area contributed by atoms with Gasteiger partial charge in [-0.25, -0.2) is 9.78 Å². The molecule has 4 nitrogen and oxygen atoms in total. The van der Waals surface area contributed by atoms with Crippen molar-refractivity contribution in [2.45, 2.75) is 29.9 Å². The van der Waals surface area contributed by atoms with E-state index in [-0.39, 0.29) is 0 Å². The molecular formula is C24H18F3NO3S2. The number of nitrogens with zero attached hydrogens (tertiary/aromatic N) is 1. The van der Waals surface area contributed by atoms with Crippen molar-refractivity contribution in [3.63, 3.8) is 0 Å². The molecule has 0 bridgehead atoms. The van der Waals surface area contributed by atoms with E-state index >= 15 is 0 Å². The van der Waals surface area contributed by atoms with Crippen LogP contribution < -0.4 is 4.74 Å². The highest BCUT2D eigenvalue weighted by atomic mass is 32.2. The molecule has 0 aliphatic carbocycles. The molecule has 170 valence electrons. The van der Waals surface area contributed by atoms with E-state index in [0.29, 0.717) is 16.3 Å². The van der Waals surface area contributed by atoms with Gasteiger partial charge < -0.3 is 9.84 Å². The maximum atomic E-state index is 12.8. The Morgan fingerprint density at radius 3 is 2.42 bits per heavy atom. The number of rotatable bonds is 7. The summed E-state index contributed by atoms with van der Waals surface area (Å²) in [5.41, 5.74) is 1.87. The molecule has 3 aromatic carbocycles. The van der Waals surface area contributed by atoms with Crippen molar-refractivity contribution in [3.8, 4) is 16.3 Å². The van der Waals surface area contributed by atoms with Gasteiger partial charge in [-0.1, -0.05) is 18.2 Å². The monoisotopic (exact) mass is 489 g/mol. The van der Waals surface area contributed by atoms with Crippen molar-refractivity contribution in [3.05, 3.63) is 77.9 Å². The minimum absolute atomic E-state index is 0.496. The minimum atomic E-state index is -4.36. The Labute approximate surface area is 196 Å². The smallest absolute Gasteiger partial charge is 0.416 e. The zero-order valence-electron chi connectivity index (χ0n) is 17.3. The van der Waals surface area contributed by atoms with Gasteiger partial charge in [0.2, 0.25) is 0 Å². The number of carboxylic acid groups (broad SMARTS) is 1. The first-order valence-electron chi connectivity index (χ1n) is 9.88. The molecule has 0 aliphatic heterocycles. The highest BCUT2D eigenvalue weighted by molar-refractivity contribution is 7.98. The molecule has 0 amide bonds. The molecule has 0 fully saturated rings. The molecule has 0 aliphatic rings. The summed E-state index contributed by atoms with van der Waals surface area (Å²) in [6.45, 7) is 1.48. The van der Waals surface area contributed by atoms with Gasteiger partial charge in [0.05, 0.1) is 15.8 Å². The van der Waals surface area contributed by atoms with E-state index < -0.39 is 23.8 Å². The van der Waals surface area contributed by atoms with Crippen LogP contribution in [0.25, 0.3) is 20.8 Å². The fraction of sp³-hybridized carbons (Fsp3) is 0.167. The summed E-state index contributed by atoms with van der Waals surface area (Å²) in [5, 5.41) is 9.59. The van der Waals surface area contributed by atoms with E-state index in [4.69, 9.17) is 9.84 Å². The molecule has 4 aromatic rings. The third-order valence-electron chi connectivity index (χ3n) is 4.80. The average Bonchev–Trinajstić information content (AvgIpc) is 3.21. The van der Waals surface area contributed by atoms with E-state index in [1.54, 1.807) is 23.9 Å². The summed E-state index contributed by atoms with van der Waals surface area (Å²) in [4.78, 5) is 16.4. The lowest BCUT2D eigenvalue weighted by Crippen LogP contribution is -2.22. The van der Waals surface area contributed by atoms with E-state index in [0.717, 1.165) is 38.6 Å². The third kappa shape index (κ3) is 5.66. The first kappa shape index (κ1) is 23.1. The third-order valence-corrected chi connectivity index (χ3v) is 6.95. The topological polar surface area (TPSA) is 59.4 Å². The highest BCUT2D eigenvalue weighted by Gasteiger charge is 2.30. The molecule has 0 saturated heterocycles.